The normalized spacial score (nSPS) is 12.1. The van der Waals surface area contributed by atoms with Crippen LogP contribution in [0.2, 0.25) is 0 Å². The van der Waals surface area contributed by atoms with Gasteiger partial charge in [-0.25, -0.2) is 4.79 Å². The molecule has 2 heterocycles. The number of Topliss-reactive ketones (excluding diaryl/α,β-unsaturated/α-hetero) is 1. The van der Waals surface area contributed by atoms with Gasteiger partial charge in [-0.15, -0.1) is 0 Å². The zero-order valence-electron chi connectivity index (χ0n) is 16.6. The van der Waals surface area contributed by atoms with E-state index in [1.807, 2.05) is 36.4 Å². The van der Waals surface area contributed by atoms with Crippen molar-refractivity contribution in [3.05, 3.63) is 71.5 Å². The van der Waals surface area contributed by atoms with Gasteiger partial charge in [0.05, 0.1) is 12.7 Å². The Kier molecular flexibility index (Phi) is 5.10. The van der Waals surface area contributed by atoms with Crippen LogP contribution in [-0.2, 0) is 20.7 Å². The van der Waals surface area contributed by atoms with Crippen LogP contribution in [0, 0.1) is 6.92 Å². The number of para-hydroxylation sites is 2. The summed E-state index contributed by atoms with van der Waals surface area (Å²) >= 11 is 0. The Morgan fingerprint density at radius 2 is 1.67 bits per heavy atom. The summed E-state index contributed by atoms with van der Waals surface area (Å²) in [6.07, 6.45) is 1.99. The van der Waals surface area contributed by atoms with Crippen LogP contribution in [0.1, 0.15) is 21.6 Å². The molecule has 0 aliphatic carbocycles. The van der Waals surface area contributed by atoms with Crippen LogP contribution in [0.25, 0.3) is 21.8 Å². The first-order chi connectivity index (χ1) is 14.5. The number of amides is 1. The van der Waals surface area contributed by atoms with E-state index in [9.17, 15) is 14.4 Å². The fraction of sp³-hybridized carbons (Fsp3) is 0.174. The van der Waals surface area contributed by atoms with E-state index in [0.29, 0.717) is 16.6 Å². The summed E-state index contributed by atoms with van der Waals surface area (Å²) in [7, 11) is 1.25. The molecule has 3 N–H and O–H groups in total. The SMILES string of the molecule is COC(=O)C(Cc1c[nH]c2ccccc12)NC(=O)C(=O)c1c(C)[nH]c2ccccc12. The molecule has 4 aromatic rings. The molecule has 1 amide bonds. The lowest BCUT2D eigenvalue weighted by Crippen LogP contribution is -2.45. The van der Waals surface area contributed by atoms with Gasteiger partial charge in [-0.3, -0.25) is 9.59 Å². The number of hydrogen-bond acceptors (Lipinski definition) is 4. The van der Waals surface area contributed by atoms with Crippen molar-refractivity contribution in [2.24, 2.45) is 0 Å². The number of fused-ring (bicyclic) bond motifs is 2. The molecule has 0 aliphatic rings. The van der Waals surface area contributed by atoms with E-state index >= 15 is 0 Å². The minimum absolute atomic E-state index is 0.197. The quantitative estimate of drug-likeness (QED) is 0.261. The molecule has 0 saturated carbocycles. The van der Waals surface area contributed by atoms with E-state index in [-0.39, 0.29) is 6.42 Å². The smallest absolute Gasteiger partial charge is 0.328 e. The highest BCUT2D eigenvalue weighted by atomic mass is 16.5. The third kappa shape index (κ3) is 3.45. The van der Waals surface area contributed by atoms with Gasteiger partial charge in [0, 0.05) is 40.1 Å². The first-order valence-corrected chi connectivity index (χ1v) is 9.55. The van der Waals surface area contributed by atoms with Crippen LogP contribution in [0.5, 0.6) is 0 Å². The van der Waals surface area contributed by atoms with Gasteiger partial charge in [0.25, 0.3) is 11.7 Å². The second-order valence-electron chi connectivity index (χ2n) is 7.11. The van der Waals surface area contributed by atoms with Gasteiger partial charge in [-0.1, -0.05) is 36.4 Å². The first-order valence-electron chi connectivity index (χ1n) is 9.55. The third-order valence-corrected chi connectivity index (χ3v) is 5.22. The lowest BCUT2D eigenvalue weighted by molar-refractivity contribution is -0.144. The zero-order chi connectivity index (χ0) is 21.3. The lowest BCUT2D eigenvalue weighted by Gasteiger charge is -2.16. The highest BCUT2D eigenvalue weighted by molar-refractivity contribution is 6.45. The number of ketones is 1. The number of hydrogen-bond donors (Lipinski definition) is 3. The number of aromatic amines is 2. The maximum Gasteiger partial charge on any atom is 0.328 e. The maximum absolute atomic E-state index is 12.9. The fourth-order valence-corrected chi connectivity index (χ4v) is 3.76. The largest absolute Gasteiger partial charge is 0.467 e. The molecule has 0 aliphatic heterocycles. The Labute approximate surface area is 172 Å². The topological polar surface area (TPSA) is 104 Å². The molecule has 1 atom stereocenters. The van der Waals surface area contributed by atoms with Crippen molar-refractivity contribution in [3.63, 3.8) is 0 Å². The van der Waals surface area contributed by atoms with Crippen molar-refractivity contribution in [1.29, 1.82) is 0 Å². The second-order valence-corrected chi connectivity index (χ2v) is 7.11. The van der Waals surface area contributed by atoms with Gasteiger partial charge in [-0.05, 0) is 24.6 Å². The molecular weight excluding hydrogens is 382 g/mol. The van der Waals surface area contributed by atoms with E-state index in [1.165, 1.54) is 7.11 Å². The van der Waals surface area contributed by atoms with Crippen LogP contribution in [0.15, 0.2) is 54.7 Å². The predicted octanol–water partition coefficient (Wildman–Crippen LogP) is 3.04. The molecule has 0 saturated heterocycles. The Morgan fingerprint density at radius 1 is 1.00 bits per heavy atom. The summed E-state index contributed by atoms with van der Waals surface area (Å²) in [5, 5.41) is 4.17. The monoisotopic (exact) mass is 403 g/mol. The molecule has 4 rings (SSSR count). The Balaban J connectivity index is 1.60. The van der Waals surface area contributed by atoms with Gasteiger partial charge < -0.3 is 20.0 Å². The van der Waals surface area contributed by atoms with Crippen LogP contribution in [0.4, 0.5) is 0 Å². The molecule has 0 fully saturated rings. The zero-order valence-corrected chi connectivity index (χ0v) is 16.6. The molecule has 2 aromatic carbocycles. The Hall–Kier alpha value is -3.87. The van der Waals surface area contributed by atoms with E-state index in [1.54, 1.807) is 25.3 Å². The summed E-state index contributed by atoms with van der Waals surface area (Å²) < 4.78 is 4.86. The van der Waals surface area contributed by atoms with E-state index in [0.717, 1.165) is 22.0 Å². The highest BCUT2D eigenvalue weighted by Crippen LogP contribution is 2.23. The van der Waals surface area contributed by atoms with Crippen molar-refractivity contribution in [1.82, 2.24) is 15.3 Å². The van der Waals surface area contributed by atoms with Gasteiger partial charge in [0.2, 0.25) is 0 Å². The van der Waals surface area contributed by atoms with Gasteiger partial charge in [0.1, 0.15) is 6.04 Å². The summed E-state index contributed by atoms with van der Waals surface area (Å²) in [4.78, 5) is 44.3. The number of H-pyrrole nitrogens is 2. The van der Waals surface area contributed by atoms with Crippen molar-refractivity contribution >= 4 is 39.5 Å². The van der Waals surface area contributed by atoms with Gasteiger partial charge in [-0.2, -0.15) is 0 Å². The number of carbonyl (C=O) groups is 3. The number of nitrogens with one attached hydrogen (secondary N) is 3. The van der Waals surface area contributed by atoms with Crippen LogP contribution >= 0.6 is 0 Å². The average molecular weight is 403 g/mol. The summed E-state index contributed by atoms with van der Waals surface area (Å²) in [5.74, 6) is -2.16. The minimum atomic E-state index is -0.990. The molecule has 2 aromatic heterocycles. The summed E-state index contributed by atoms with van der Waals surface area (Å²) in [6, 6.07) is 13.9. The minimum Gasteiger partial charge on any atom is -0.467 e. The van der Waals surface area contributed by atoms with Crippen LogP contribution < -0.4 is 5.32 Å². The van der Waals surface area contributed by atoms with Crippen molar-refractivity contribution in [2.75, 3.05) is 7.11 Å². The number of esters is 1. The highest BCUT2D eigenvalue weighted by Gasteiger charge is 2.29. The summed E-state index contributed by atoms with van der Waals surface area (Å²) in [6.45, 7) is 1.74. The molecule has 1 unspecified atom stereocenters. The van der Waals surface area contributed by atoms with Gasteiger partial charge >= 0.3 is 5.97 Å². The molecule has 0 bridgehead atoms. The van der Waals surface area contributed by atoms with Crippen molar-refractivity contribution in [3.8, 4) is 0 Å². The second kappa shape index (κ2) is 7.87. The van der Waals surface area contributed by atoms with E-state index in [4.69, 9.17) is 4.74 Å². The lowest BCUT2D eigenvalue weighted by atomic mass is 10.0. The van der Waals surface area contributed by atoms with E-state index in [2.05, 4.69) is 15.3 Å². The summed E-state index contributed by atoms with van der Waals surface area (Å²) in [5.41, 5.74) is 3.45. The number of benzene rings is 2. The molecule has 7 nitrogen and oxygen atoms in total. The average Bonchev–Trinajstić information content (AvgIpc) is 3.32. The number of methoxy groups -OCH3 is 1. The number of aryl methyl sites for hydroxylation is 1. The fourth-order valence-electron chi connectivity index (χ4n) is 3.76. The molecule has 7 heteroatoms. The van der Waals surface area contributed by atoms with Gasteiger partial charge in [0.15, 0.2) is 0 Å². The first kappa shape index (κ1) is 19.4. The van der Waals surface area contributed by atoms with Crippen LogP contribution in [-0.4, -0.2) is 40.8 Å². The number of ether oxygens (including phenoxy) is 1. The Morgan fingerprint density at radius 3 is 2.40 bits per heavy atom. The van der Waals surface area contributed by atoms with Crippen LogP contribution in [0.3, 0.4) is 0 Å². The molecule has 30 heavy (non-hydrogen) atoms. The Bertz CT molecular complexity index is 1270. The maximum atomic E-state index is 12.9. The molecular formula is C23H21N3O4. The molecule has 0 spiro atoms. The molecule has 0 radical (unpaired) electrons. The number of carbonyl (C=O) groups excluding carboxylic acids is 3. The third-order valence-electron chi connectivity index (χ3n) is 5.22. The number of aromatic nitrogens is 2. The molecule has 152 valence electrons. The van der Waals surface area contributed by atoms with Crippen molar-refractivity contribution < 1.29 is 19.1 Å². The standard InChI is InChI=1S/C23H21N3O4/c1-13-20(16-8-4-6-10-18(16)25-13)21(27)22(28)26-19(23(29)30-2)11-14-12-24-17-9-5-3-7-15(14)17/h3-10,12,19,24-25H,11H2,1-2H3,(H,26,28). The predicted molar refractivity (Wildman–Crippen MR) is 113 cm³/mol. The number of rotatable bonds is 6. The van der Waals surface area contributed by atoms with Crippen molar-refractivity contribution in [2.45, 2.75) is 19.4 Å². The van der Waals surface area contributed by atoms with E-state index < -0.39 is 23.7 Å².